The average Bonchev–Trinajstić information content (AvgIpc) is 2.99. The van der Waals surface area contributed by atoms with Crippen molar-refractivity contribution in [2.45, 2.75) is 19.9 Å². The van der Waals surface area contributed by atoms with Crippen LogP contribution in [0.15, 0.2) is 18.6 Å². The minimum absolute atomic E-state index is 0.105. The van der Waals surface area contributed by atoms with Crippen molar-refractivity contribution in [2.75, 3.05) is 5.32 Å². The van der Waals surface area contributed by atoms with E-state index in [0.29, 0.717) is 12.2 Å². The topological polar surface area (TPSA) is 102 Å². The molecule has 0 aliphatic carbocycles. The Morgan fingerprint density at radius 3 is 2.65 bits per heavy atom. The lowest BCUT2D eigenvalue weighted by molar-refractivity contribution is -0.116. The number of hydrogen-bond acceptors (Lipinski definition) is 4. The van der Waals surface area contributed by atoms with Crippen LogP contribution in [0.25, 0.3) is 0 Å². The third-order valence-electron chi connectivity index (χ3n) is 2.96. The van der Waals surface area contributed by atoms with Crippen molar-refractivity contribution in [1.29, 1.82) is 0 Å². The second kappa shape index (κ2) is 5.55. The van der Waals surface area contributed by atoms with E-state index in [0.717, 1.165) is 5.69 Å². The zero-order chi connectivity index (χ0) is 14.7. The number of carbonyl (C=O) groups is 2. The highest BCUT2D eigenvalue weighted by Gasteiger charge is 2.10. The first-order chi connectivity index (χ1) is 9.47. The summed E-state index contributed by atoms with van der Waals surface area (Å²) in [6.07, 6.45) is 4.44. The second-order valence-corrected chi connectivity index (χ2v) is 4.36. The molecule has 0 aliphatic rings. The molecule has 0 bridgehead atoms. The molecule has 106 valence electrons. The largest absolute Gasteiger partial charge is 0.478 e. The fourth-order valence-electron chi connectivity index (χ4n) is 1.65. The Balaban J connectivity index is 1.88. The lowest BCUT2D eigenvalue weighted by Crippen LogP contribution is -2.15. The molecule has 2 N–H and O–H groups in total. The van der Waals surface area contributed by atoms with E-state index in [4.69, 9.17) is 5.11 Å². The van der Waals surface area contributed by atoms with Gasteiger partial charge in [0.1, 0.15) is 0 Å². The molecule has 0 radical (unpaired) electrons. The molecule has 2 aromatic rings. The normalized spacial score (nSPS) is 10.5. The van der Waals surface area contributed by atoms with E-state index in [2.05, 4.69) is 15.5 Å². The van der Waals surface area contributed by atoms with Gasteiger partial charge < -0.3 is 10.4 Å². The molecule has 0 unspecified atom stereocenters. The molecule has 0 spiro atoms. The lowest BCUT2D eigenvalue weighted by atomic mass is 10.3. The van der Waals surface area contributed by atoms with Gasteiger partial charge in [-0.2, -0.15) is 10.2 Å². The van der Waals surface area contributed by atoms with Gasteiger partial charge in [0.15, 0.2) is 0 Å². The molecule has 2 heterocycles. The molecule has 8 nitrogen and oxygen atoms in total. The summed E-state index contributed by atoms with van der Waals surface area (Å²) in [5.74, 6) is -1.21. The van der Waals surface area contributed by atoms with Gasteiger partial charge in [-0.1, -0.05) is 0 Å². The SMILES string of the molecule is Cc1c(NC(=O)CCn2cc(C(=O)O)cn2)cnn1C. The highest BCUT2D eigenvalue weighted by Crippen LogP contribution is 2.12. The predicted molar refractivity (Wildman–Crippen MR) is 70.4 cm³/mol. The highest BCUT2D eigenvalue weighted by molar-refractivity contribution is 5.91. The van der Waals surface area contributed by atoms with Crippen molar-refractivity contribution < 1.29 is 14.7 Å². The Hall–Kier alpha value is -2.64. The van der Waals surface area contributed by atoms with E-state index in [1.165, 1.54) is 17.1 Å². The van der Waals surface area contributed by atoms with Crippen LogP contribution >= 0.6 is 0 Å². The van der Waals surface area contributed by atoms with Crippen molar-refractivity contribution >= 4 is 17.6 Å². The number of carboxylic acids is 1. The number of aromatic carboxylic acids is 1. The standard InChI is InChI=1S/C12H15N5O3/c1-8-10(6-13-16(8)2)15-11(18)3-4-17-7-9(5-14-17)12(19)20/h5-7H,3-4H2,1-2H3,(H,15,18)(H,19,20). The summed E-state index contributed by atoms with van der Waals surface area (Å²) in [5.41, 5.74) is 1.64. The predicted octanol–water partition coefficient (Wildman–Crippen LogP) is 0.652. The highest BCUT2D eigenvalue weighted by atomic mass is 16.4. The zero-order valence-corrected chi connectivity index (χ0v) is 11.2. The maximum absolute atomic E-state index is 11.8. The Bertz CT molecular complexity index is 643. The van der Waals surface area contributed by atoms with Crippen LogP contribution in [0.2, 0.25) is 0 Å². The number of anilines is 1. The summed E-state index contributed by atoms with van der Waals surface area (Å²) in [4.78, 5) is 22.5. The third kappa shape index (κ3) is 3.02. The van der Waals surface area contributed by atoms with E-state index in [1.807, 2.05) is 6.92 Å². The first kappa shape index (κ1) is 13.8. The molecule has 0 atom stereocenters. The molecule has 1 amide bonds. The van der Waals surface area contributed by atoms with Gasteiger partial charge in [0, 0.05) is 26.2 Å². The molecule has 2 rings (SSSR count). The monoisotopic (exact) mass is 277 g/mol. The summed E-state index contributed by atoms with van der Waals surface area (Å²) in [6, 6.07) is 0. The van der Waals surface area contributed by atoms with Crippen LogP contribution in [0.1, 0.15) is 22.5 Å². The fraction of sp³-hybridized carbons (Fsp3) is 0.333. The number of rotatable bonds is 5. The maximum Gasteiger partial charge on any atom is 0.338 e. The third-order valence-corrected chi connectivity index (χ3v) is 2.96. The number of hydrogen-bond donors (Lipinski definition) is 2. The summed E-state index contributed by atoms with van der Waals surface area (Å²) in [6.45, 7) is 2.17. The maximum atomic E-state index is 11.8. The summed E-state index contributed by atoms with van der Waals surface area (Å²) in [7, 11) is 1.79. The molecule has 0 fully saturated rings. The van der Waals surface area contributed by atoms with Crippen LogP contribution in [-0.2, 0) is 18.4 Å². The second-order valence-electron chi connectivity index (χ2n) is 4.36. The van der Waals surface area contributed by atoms with Crippen LogP contribution in [0.5, 0.6) is 0 Å². The van der Waals surface area contributed by atoms with Crippen LogP contribution in [0.3, 0.4) is 0 Å². The van der Waals surface area contributed by atoms with Crippen molar-refractivity contribution in [1.82, 2.24) is 19.6 Å². The molecule has 0 aliphatic heterocycles. The van der Waals surface area contributed by atoms with Gasteiger partial charge in [-0.25, -0.2) is 4.79 Å². The number of aromatic nitrogens is 4. The molecule has 8 heteroatoms. The number of nitrogens with zero attached hydrogens (tertiary/aromatic N) is 4. The van der Waals surface area contributed by atoms with E-state index < -0.39 is 5.97 Å². The van der Waals surface area contributed by atoms with Gasteiger partial charge in [-0.3, -0.25) is 14.2 Å². The van der Waals surface area contributed by atoms with E-state index in [-0.39, 0.29) is 17.9 Å². The molecule has 0 saturated carbocycles. The number of aryl methyl sites for hydroxylation is 2. The summed E-state index contributed by atoms with van der Waals surface area (Å²) >= 11 is 0. The van der Waals surface area contributed by atoms with Gasteiger partial charge >= 0.3 is 5.97 Å². The van der Waals surface area contributed by atoms with Crippen LogP contribution in [0.4, 0.5) is 5.69 Å². The van der Waals surface area contributed by atoms with E-state index in [9.17, 15) is 9.59 Å². The van der Waals surface area contributed by atoms with Crippen molar-refractivity contribution in [2.24, 2.45) is 7.05 Å². The van der Waals surface area contributed by atoms with Crippen molar-refractivity contribution in [3.63, 3.8) is 0 Å². The van der Waals surface area contributed by atoms with Crippen LogP contribution in [0, 0.1) is 6.92 Å². The number of carbonyl (C=O) groups excluding carboxylic acids is 1. The number of amides is 1. The Labute approximate surface area is 115 Å². The first-order valence-electron chi connectivity index (χ1n) is 6.01. The average molecular weight is 277 g/mol. The zero-order valence-electron chi connectivity index (χ0n) is 11.2. The molecule has 0 aromatic carbocycles. The summed E-state index contributed by atoms with van der Waals surface area (Å²) in [5, 5.41) is 19.4. The summed E-state index contributed by atoms with van der Waals surface area (Å²) < 4.78 is 3.10. The molecular weight excluding hydrogens is 262 g/mol. The van der Waals surface area contributed by atoms with Gasteiger partial charge in [0.2, 0.25) is 5.91 Å². The number of carboxylic acid groups (broad SMARTS) is 1. The molecular formula is C12H15N5O3. The van der Waals surface area contributed by atoms with Gasteiger partial charge in [0.25, 0.3) is 0 Å². The Morgan fingerprint density at radius 2 is 2.10 bits per heavy atom. The van der Waals surface area contributed by atoms with Gasteiger partial charge in [-0.15, -0.1) is 0 Å². The Morgan fingerprint density at radius 1 is 1.35 bits per heavy atom. The molecule has 20 heavy (non-hydrogen) atoms. The van der Waals surface area contributed by atoms with Crippen LogP contribution in [-0.4, -0.2) is 36.5 Å². The van der Waals surface area contributed by atoms with E-state index >= 15 is 0 Å². The van der Waals surface area contributed by atoms with Gasteiger partial charge in [0.05, 0.1) is 29.3 Å². The van der Waals surface area contributed by atoms with Crippen molar-refractivity contribution in [3.8, 4) is 0 Å². The number of nitrogens with one attached hydrogen (secondary N) is 1. The van der Waals surface area contributed by atoms with Crippen LogP contribution < -0.4 is 5.32 Å². The van der Waals surface area contributed by atoms with Gasteiger partial charge in [-0.05, 0) is 6.92 Å². The molecule has 2 aromatic heterocycles. The quantitative estimate of drug-likeness (QED) is 0.835. The van der Waals surface area contributed by atoms with Crippen molar-refractivity contribution in [3.05, 3.63) is 29.8 Å². The smallest absolute Gasteiger partial charge is 0.338 e. The Kier molecular flexibility index (Phi) is 3.83. The first-order valence-corrected chi connectivity index (χ1v) is 6.01. The minimum atomic E-state index is -1.04. The minimum Gasteiger partial charge on any atom is -0.478 e. The van der Waals surface area contributed by atoms with E-state index in [1.54, 1.807) is 17.9 Å². The lowest BCUT2D eigenvalue weighted by Gasteiger charge is -2.04. The molecule has 0 saturated heterocycles. The fourth-order valence-corrected chi connectivity index (χ4v) is 1.65.